The second-order valence-corrected chi connectivity index (χ2v) is 9.65. The van der Waals surface area contributed by atoms with Crippen molar-refractivity contribution in [2.45, 2.75) is 58.7 Å². The van der Waals surface area contributed by atoms with Gasteiger partial charge in [-0.05, 0) is 66.5 Å². The predicted octanol–water partition coefficient (Wildman–Crippen LogP) is 6.90. The third-order valence-corrected chi connectivity index (χ3v) is 6.26. The maximum atomic E-state index is 12.9. The lowest BCUT2D eigenvalue weighted by Gasteiger charge is -2.40. The predicted molar refractivity (Wildman–Crippen MR) is 115 cm³/mol. The first-order valence-corrected chi connectivity index (χ1v) is 10.6. The van der Waals surface area contributed by atoms with Gasteiger partial charge in [-0.2, -0.15) is 18.4 Å². The topological polar surface area (TPSA) is 41.6 Å². The first-order valence-electron chi connectivity index (χ1n) is 10.6. The molecule has 1 aromatic heterocycles. The van der Waals surface area contributed by atoms with Crippen molar-refractivity contribution in [2.24, 2.45) is 11.3 Å². The largest absolute Gasteiger partial charge is 0.416 e. The van der Waals surface area contributed by atoms with Crippen molar-refractivity contribution < 1.29 is 13.2 Å². The van der Waals surface area contributed by atoms with Gasteiger partial charge in [0, 0.05) is 12.5 Å². The summed E-state index contributed by atoms with van der Waals surface area (Å²) in [6, 6.07) is 13.3. The third kappa shape index (κ3) is 4.46. The van der Waals surface area contributed by atoms with Crippen LogP contribution < -0.4 is 0 Å². The minimum atomic E-state index is -4.34. The summed E-state index contributed by atoms with van der Waals surface area (Å²) in [6.45, 7) is 6.85. The molecule has 3 aromatic rings. The quantitative estimate of drug-likeness (QED) is 0.458. The highest BCUT2D eigenvalue weighted by molar-refractivity contribution is 5.78. The molecule has 1 aliphatic carbocycles. The van der Waals surface area contributed by atoms with Crippen molar-refractivity contribution in [3.8, 4) is 6.07 Å². The Morgan fingerprint density at radius 1 is 1.13 bits per heavy atom. The molecule has 0 spiro atoms. The Balaban J connectivity index is 1.77. The summed E-state index contributed by atoms with van der Waals surface area (Å²) < 4.78 is 41.1. The lowest BCUT2D eigenvalue weighted by atomic mass is 9.70. The van der Waals surface area contributed by atoms with Crippen molar-refractivity contribution in [3.05, 3.63) is 65.0 Å². The van der Waals surface area contributed by atoms with E-state index in [1.165, 1.54) is 18.6 Å². The number of halogens is 3. The van der Waals surface area contributed by atoms with Crippen LogP contribution in [0.15, 0.2) is 42.5 Å². The van der Waals surface area contributed by atoms with Gasteiger partial charge in [0.05, 0.1) is 28.2 Å². The van der Waals surface area contributed by atoms with Gasteiger partial charge >= 0.3 is 6.18 Å². The Morgan fingerprint density at radius 3 is 2.45 bits per heavy atom. The molecule has 0 amide bonds. The van der Waals surface area contributed by atoms with E-state index < -0.39 is 11.7 Å². The molecule has 0 bridgehead atoms. The van der Waals surface area contributed by atoms with Crippen molar-refractivity contribution in [3.63, 3.8) is 0 Å². The van der Waals surface area contributed by atoms with E-state index in [2.05, 4.69) is 31.4 Å². The van der Waals surface area contributed by atoms with E-state index in [1.54, 1.807) is 12.1 Å². The molecule has 1 aliphatic rings. The molecule has 2 aromatic carbocycles. The fourth-order valence-corrected chi connectivity index (χ4v) is 5.24. The zero-order chi connectivity index (χ0) is 22.4. The van der Waals surface area contributed by atoms with E-state index in [0.29, 0.717) is 17.9 Å². The van der Waals surface area contributed by atoms with Gasteiger partial charge in [0.15, 0.2) is 0 Å². The molecule has 1 fully saturated rings. The molecule has 3 nitrogen and oxygen atoms in total. The van der Waals surface area contributed by atoms with Crippen LogP contribution in [0.4, 0.5) is 13.2 Å². The van der Waals surface area contributed by atoms with Crippen LogP contribution in [0.3, 0.4) is 0 Å². The van der Waals surface area contributed by atoms with Gasteiger partial charge in [0.25, 0.3) is 0 Å². The first kappa shape index (κ1) is 21.4. The fourth-order valence-electron chi connectivity index (χ4n) is 5.24. The first-order chi connectivity index (χ1) is 14.6. The Bertz CT molecular complexity index is 1130. The highest BCUT2D eigenvalue weighted by Crippen LogP contribution is 2.45. The summed E-state index contributed by atoms with van der Waals surface area (Å²) >= 11 is 0. The molecule has 1 unspecified atom stereocenters. The Morgan fingerprint density at radius 2 is 1.84 bits per heavy atom. The lowest BCUT2D eigenvalue weighted by Crippen LogP contribution is -2.30. The number of nitriles is 1. The minimum Gasteiger partial charge on any atom is -0.325 e. The number of benzene rings is 2. The Kier molecular flexibility index (Phi) is 5.33. The van der Waals surface area contributed by atoms with E-state index in [0.717, 1.165) is 47.4 Å². The summed E-state index contributed by atoms with van der Waals surface area (Å²) in [5.41, 5.74) is 2.64. The molecule has 0 aliphatic heterocycles. The SMILES string of the molecule is CC1C[C@H](n2c(Cc3ccc(C(F)(F)F)cc3)nc3cc(C#N)ccc32)CC(C)(C)C1. The number of nitrogens with zero attached hydrogens (tertiary/aromatic N) is 3. The Labute approximate surface area is 180 Å². The van der Waals surface area contributed by atoms with Crippen molar-refractivity contribution >= 4 is 11.0 Å². The highest BCUT2D eigenvalue weighted by Gasteiger charge is 2.34. The van der Waals surface area contributed by atoms with Crippen LogP contribution in [0.2, 0.25) is 0 Å². The highest BCUT2D eigenvalue weighted by atomic mass is 19.4. The number of alkyl halides is 3. The van der Waals surface area contributed by atoms with Crippen LogP contribution in [-0.2, 0) is 12.6 Å². The molecule has 6 heteroatoms. The van der Waals surface area contributed by atoms with Crippen LogP contribution >= 0.6 is 0 Å². The number of rotatable bonds is 3. The molecule has 0 saturated heterocycles. The minimum absolute atomic E-state index is 0.206. The zero-order valence-corrected chi connectivity index (χ0v) is 18.0. The molecule has 0 radical (unpaired) electrons. The molecule has 1 saturated carbocycles. The van der Waals surface area contributed by atoms with Crippen LogP contribution in [0.5, 0.6) is 0 Å². The standard InChI is InChI=1S/C25H26F3N3/c1-16-10-20(14-24(2,3)13-16)31-22-9-6-18(15-29)11-21(22)30-23(31)12-17-4-7-19(8-5-17)25(26,27)28/h4-9,11,16,20H,10,12-14H2,1-3H3/t16?,20-/m0/s1. The van der Waals surface area contributed by atoms with Crippen LogP contribution in [0, 0.1) is 22.7 Å². The summed E-state index contributed by atoms with van der Waals surface area (Å²) in [6.07, 6.45) is -0.677. The molecule has 31 heavy (non-hydrogen) atoms. The zero-order valence-electron chi connectivity index (χ0n) is 18.0. The number of hydrogen-bond donors (Lipinski definition) is 0. The normalized spacial score (nSPS) is 21.2. The van der Waals surface area contributed by atoms with E-state index in [4.69, 9.17) is 4.98 Å². The second kappa shape index (κ2) is 7.71. The number of hydrogen-bond acceptors (Lipinski definition) is 2. The van der Waals surface area contributed by atoms with Gasteiger partial charge < -0.3 is 4.57 Å². The maximum absolute atomic E-state index is 12.9. The van der Waals surface area contributed by atoms with E-state index in [9.17, 15) is 18.4 Å². The number of imidazole rings is 1. The summed E-state index contributed by atoms with van der Waals surface area (Å²) in [4.78, 5) is 4.83. The molecule has 2 atom stereocenters. The van der Waals surface area contributed by atoms with Gasteiger partial charge in [0.1, 0.15) is 5.82 Å². The van der Waals surface area contributed by atoms with Crippen LogP contribution in [0.1, 0.15) is 68.6 Å². The van der Waals surface area contributed by atoms with Crippen molar-refractivity contribution in [1.29, 1.82) is 5.26 Å². The van der Waals surface area contributed by atoms with Gasteiger partial charge in [-0.15, -0.1) is 0 Å². The molecule has 162 valence electrons. The molecule has 0 N–H and O–H groups in total. The second-order valence-electron chi connectivity index (χ2n) is 9.65. The molecule has 4 rings (SSSR count). The van der Waals surface area contributed by atoms with E-state index >= 15 is 0 Å². The van der Waals surface area contributed by atoms with Gasteiger partial charge in [0.2, 0.25) is 0 Å². The average molecular weight is 425 g/mol. The molecular formula is C25H26F3N3. The molecule has 1 heterocycles. The molecular weight excluding hydrogens is 399 g/mol. The van der Waals surface area contributed by atoms with Crippen molar-refractivity contribution in [2.75, 3.05) is 0 Å². The van der Waals surface area contributed by atoms with E-state index in [-0.39, 0.29) is 11.5 Å². The Hall–Kier alpha value is -2.81. The summed E-state index contributed by atoms with van der Waals surface area (Å²) in [5.74, 6) is 1.41. The monoisotopic (exact) mass is 425 g/mol. The lowest BCUT2D eigenvalue weighted by molar-refractivity contribution is -0.137. The number of aromatic nitrogens is 2. The van der Waals surface area contributed by atoms with E-state index in [1.807, 2.05) is 6.07 Å². The smallest absolute Gasteiger partial charge is 0.325 e. The van der Waals surface area contributed by atoms with Crippen molar-refractivity contribution in [1.82, 2.24) is 9.55 Å². The summed E-state index contributed by atoms with van der Waals surface area (Å²) in [7, 11) is 0. The fraction of sp³-hybridized carbons (Fsp3) is 0.440. The van der Waals surface area contributed by atoms with Crippen LogP contribution in [-0.4, -0.2) is 9.55 Å². The summed E-state index contributed by atoms with van der Waals surface area (Å²) in [5, 5.41) is 9.28. The van der Waals surface area contributed by atoms with Gasteiger partial charge in [-0.25, -0.2) is 4.98 Å². The number of fused-ring (bicyclic) bond motifs is 1. The average Bonchev–Trinajstić information content (AvgIpc) is 3.02. The van der Waals surface area contributed by atoms with Crippen LogP contribution in [0.25, 0.3) is 11.0 Å². The maximum Gasteiger partial charge on any atom is 0.416 e. The van der Waals surface area contributed by atoms with Gasteiger partial charge in [-0.3, -0.25) is 0 Å². The van der Waals surface area contributed by atoms with Gasteiger partial charge in [-0.1, -0.05) is 32.9 Å². The third-order valence-electron chi connectivity index (χ3n) is 6.26.